The van der Waals surface area contributed by atoms with E-state index in [0.717, 1.165) is 12.8 Å². The molecule has 0 aliphatic carbocycles. The van der Waals surface area contributed by atoms with Gasteiger partial charge in [-0.25, -0.2) is 0 Å². The second-order valence-corrected chi connectivity index (χ2v) is 18.1. The van der Waals surface area contributed by atoms with Gasteiger partial charge in [0.05, 0.1) is 0 Å². The number of unbranched alkanes of at least 4 members (excludes halogenated alkanes) is 23. The first-order chi connectivity index (χ1) is 15.9. The molecule has 33 heavy (non-hydrogen) atoms. The normalized spacial score (nSPS) is 11.8. The summed E-state index contributed by atoms with van der Waals surface area (Å²) in [4.78, 5) is 10.4. The van der Waals surface area contributed by atoms with Crippen LogP contribution in [0.15, 0.2) is 0 Å². The first kappa shape index (κ1) is 33.0. The summed E-state index contributed by atoms with van der Waals surface area (Å²) in [6, 6.07) is 1.29. The molecule has 0 aromatic heterocycles. The third-order valence-electron chi connectivity index (χ3n) is 6.91. The van der Waals surface area contributed by atoms with Crippen molar-refractivity contribution in [2.45, 2.75) is 180 Å². The third-order valence-corrected chi connectivity index (χ3v) is 9.02. The molecule has 2 nitrogen and oxygen atoms in total. The zero-order valence-corrected chi connectivity index (χ0v) is 24.4. The molecule has 0 spiro atoms. The molecule has 0 bridgehead atoms. The summed E-state index contributed by atoms with van der Waals surface area (Å²) in [5.74, 6) is -0.651. The van der Waals surface area contributed by atoms with Crippen LogP contribution in [0.4, 0.5) is 0 Å². The van der Waals surface area contributed by atoms with E-state index in [9.17, 15) is 4.79 Å². The predicted molar refractivity (Wildman–Crippen MR) is 151 cm³/mol. The Labute approximate surface area is 213 Å². The molecule has 0 saturated carbocycles. The maximum atomic E-state index is 10.4. The van der Waals surface area contributed by atoms with Crippen LogP contribution in [-0.4, -0.2) is 18.5 Å². The van der Waals surface area contributed by atoms with Crippen LogP contribution in [0.5, 0.6) is 0 Å². The molecule has 0 aromatic rings. The van der Waals surface area contributed by atoms with Crippen molar-refractivity contribution >= 4 is 24.4 Å². The lowest BCUT2D eigenvalue weighted by Crippen LogP contribution is -2.14. The minimum Gasteiger partial charge on any atom is -0.481 e. The van der Waals surface area contributed by atoms with Crippen LogP contribution >= 0.6 is 11.1 Å². The maximum absolute atomic E-state index is 10.4. The molecular formula is C29H59ClO2Si. The largest absolute Gasteiger partial charge is 0.481 e. The highest BCUT2D eigenvalue weighted by molar-refractivity contribution is 7.19. The SMILES string of the molecule is C[Si](C)(Cl)CCCCCCCCCCCCCCCCCCCCCCCCCCC(=O)O. The summed E-state index contributed by atoms with van der Waals surface area (Å²) in [5, 5.41) is 8.61. The molecule has 4 heteroatoms. The van der Waals surface area contributed by atoms with Crippen molar-refractivity contribution in [2.24, 2.45) is 0 Å². The van der Waals surface area contributed by atoms with Crippen LogP contribution in [0.1, 0.15) is 161 Å². The quantitative estimate of drug-likeness (QED) is 0.0688. The monoisotopic (exact) mass is 502 g/mol. The molecule has 0 saturated heterocycles. The molecule has 0 fully saturated rings. The van der Waals surface area contributed by atoms with E-state index in [-0.39, 0.29) is 0 Å². The van der Waals surface area contributed by atoms with Gasteiger partial charge in [0, 0.05) is 6.42 Å². The highest BCUT2D eigenvalue weighted by Gasteiger charge is 2.15. The smallest absolute Gasteiger partial charge is 0.303 e. The topological polar surface area (TPSA) is 37.3 Å². The van der Waals surface area contributed by atoms with E-state index in [2.05, 4.69) is 13.1 Å². The van der Waals surface area contributed by atoms with Gasteiger partial charge in [-0.3, -0.25) is 4.79 Å². The summed E-state index contributed by atoms with van der Waals surface area (Å²) in [7, 11) is -1.32. The van der Waals surface area contributed by atoms with Gasteiger partial charge in [-0.15, -0.1) is 0 Å². The fourth-order valence-corrected chi connectivity index (χ4v) is 6.20. The molecule has 0 radical (unpaired) electrons. The fourth-order valence-electron chi connectivity index (χ4n) is 4.71. The number of carboxylic acid groups (broad SMARTS) is 1. The Bertz CT molecular complexity index is 409. The van der Waals surface area contributed by atoms with Crippen molar-refractivity contribution < 1.29 is 9.90 Å². The highest BCUT2D eigenvalue weighted by atomic mass is 35.6. The Balaban J connectivity index is 3.05. The Hall–Kier alpha value is -0.0231. The Morgan fingerprint density at radius 1 is 0.485 bits per heavy atom. The Kier molecular flexibility index (Phi) is 25.1. The van der Waals surface area contributed by atoms with Gasteiger partial charge in [-0.2, -0.15) is 11.1 Å². The van der Waals surface area contributed by atoms with E-state index in [1.54, 1.807) is 0 Å². The van der Waals surface area contributed by atoms with Crippen LogP contribution in [0.2, 0.25) is 19.1 Å². The number of carbonyl (C=O) groups is 1. The average molecular weight is 503 g/mol. The minimum absolute atomic E-state index is 0.344. The number of rotatable bonds is 27. The summed E-state index contributed by atoms with van der Waals surface area (Å²) in [6.07, 6.45) is 33.2. The molecule has 0 atom stereocenters. The van der Waals surface area contributed by atoms with E-state index >= 15 is 0 Å². The van der Waals surface area contributed by atoms with Crippen molar-refractivity contribution in [3.8, 4) is 0 Å². The zero-order chi connectivity index (χ0) is 24.5. The van der Waals surface area contributed by atoms with Gasteiger partial charge < -0.3 is 5.11 Å². The molecule has 0 aromatic carbocycles. The number of aliphatic carboxylic acids is 1. The highest BCUT2D eigenvalue weighted by Crippen LogP contribution is 2.20. The fraction of sp³-hybridized carbons (Fsp3) is 0.966. The van der Waals surface area contributed by atoms with Crippen molar-refractivity contribution in [3.63, 3.8) is 0 Å². The van der Waals surface area contributed by atoms with Crippen LogP contribution in [0, 0.1) is 0 Å². The van der Waals surface area contributed by atoms with Gasteiger partial charge >= 0.3 is 5.97 Å². The van der Waals surface area contributed by atoms with E-state index in [1.165, 1.54) is 147 Å². The first-order valence-corrected chi connectivity index (χ1v) is 19.0. The van der Waals surface area contributed by atoms with Gasteiger partial charge in [0.1, 0.15) is 7.38 Å². The molecule has 1 N–H and O–H groups in total. The number of hydrogen-bond donors (Lipinski definition) is 1. The summed E-state index contributed by atoms with van der Waals surface area (Å²) in [6.45, 7) is 4.52. The Morgan fingerprint density at radius 2 is 0.697 bits per heavy atom. The van der Waals surface area contributed by atoms with E-state index in [1.807, 2.05) is 0 Å². The van der Waals surface area contributed by atoms with Crippen LogP contribution in [0.25, 0.3) is 0 Å². The van der Waals surface area contributed by atoms with Gasteiger partial charge in [-0.1, -0.05) is 161 Å². The van der Waals surface area contributed by atoms with Gasteiger partial charge in [0.2, 0.25) is 0 Å². The molecule has 0 unspecified atom stereocenters. The van der Waals surface area contributed by atoms with E-state index < -0.39 is 13.4 Å². The zero-order valence-electron chi connectivity index (χ0n) is 22.6. The number of halogens is 1. The summed E-state index contributed by atoms with van der Waals surface area (Å²) < 4.78 is 0. The number of hydrogen-bond acceptors (Lipinski definition) is 1. The maximum Gasteiger partial charge on any atom is 0.303 e. The first-order valence-electron chi connectivity index (χ1n) is 14.8. The second kappa shape index (κ2) is 25.1. The van der Waals surface area contributed by atoms with E-state index in [4.69, 9.17) is 16.2 Å². The van der Waals surface area contributed by atoms with Crippen molar-refractivity contribution in [2.75, 3.05) is 0 Å². The predicted octanol–water partition coefficient (Wildman–Crippen LogP) is 11.3. The van der Waals surface area contributed by atoms with Crippen LogP contribution < -0.4 is 0 Å². The molecule has 0 heterocycles. The molecule has 0 aliphatic heterocycles. The van der Waals surface area contributed by atoms with Crippen molar-refractivity contribution in [3.05, 3.63) is 0 Å². The standard InChI is InChI=1S/C29H59ClO2Si/c1-33(2,30)28-26-24-22-20-18-16-14-12-10-8-6-4-3-5-7-9-11-13-15-17-19-21-23-25-27-29(31)32/h3-28H2,1-2H3,(H,31,32). The van der Waals surface area contributed by atoms with Gasteiger partial charge in [0.25, 0.3) is 0 Å². The van der Waals surface area contributed by atoms with E-state index in [0.29, 0.717) is 6.42 Å². The van der Waals surface area contributed by atoms with Crippen LogP contribution in [0.3, 0.4) is 0 Å². The lowest BCUT2D eigenvalue weighted by molar-refractivity contribution is -0.137. The third kappa shape index (κ3) is 32.0. The summed E-state index contributed by atoms with van der Waals surface area (Å²) >= 11 is 6.37. The molecule has 198 valence electrons. The number of carboxylic acids is 1. The lowest BCUT2D eigenvalue weighted by atomic mass is 10.0. The average Bonchev–Trinajstić information content (AvgIpc) is 2.75. The summed E-state index contributed by atoms with van der Waals surface area (Å²) in [5.41, 5.74) is 0. The lowest BCUT2D eigenvalue weighted by Gasteiger charge is -2.11. The molecular weight excluding hydrogens is 444 g/mol. The Morgan fingerprint density at radius 3 is 0.909 bits per heavy atom. The molecule has 0 rings (SSSR count). The minimum atomic E-state index is -1.32. The molecule has 0 aliphatic rings. The van der Waals surface area contributed by atoms with Crippen molar-refractivity contribution in [1.29, 1.82) is 0 Å². The van der Waals surface area contributed by atoms with Gasteiger partial charge in [0.15, 0.2) is 0 Å². The van der Waals surface area contributed by atoms with Crippen LogP contribution in [-0.2, 0) is 4.79 Å². The molecule has 0 amide bonds. The van der Waals surface area contributed by atoms with Crippen molar-refractivity contribution in [1.82, 2.24) is 0 Å². The second-order valence-electron chi connectivity index (χ2n) is 11.1. The van der Waals surface area contributed by atoms with Gasteiger partial charge in [-0.05, 0) is 12.5 Å².